The van der Waals surface area contributed by atoms with E-state index >= 15 is 0 Å². The van der Waals surface area contributed by atoms with Crippen LogP contribution in [0.1, 0.15) is 0 Å². The highest BCUT2D eigenvalue weighted by molar-refractivity contribution is 7.27. The number of imidazole rings is 2. The Morgan fingerprint density at radius 1 is 0.348 bits per heavy atom. The van der Waals surface area contributed by atoms with E-state index in [1.165, 1.54) is 68.0 Å². The first-order valence-corrected chi connectivity index (χ1v) is 24.8. The zero-order chi connectivity index (χ0) is 45.1. The normalized spacial score (nSPS) is 12.4. The number of phenolic OH excluding ortho intramolecular Hbond substituents is 1. The number of benzene rings is 10. The first-order valence-electron chi connectivity index (χ1n) is 23.2. The van der Waals surface area contributed by atoms with E-state index in [2.05, 4.69) is 197 Å². The van der Waals surface area contributed by atoms with E-state index in [4.69, 9.17) is 9.97 Å². The maximum atomic E-state index is 11.7. The van der Waals surface area contributed by atoms with Gasteiger partial charge >= 0.3 is 0 Å². The molecule has 0 bridgehead atoms. The molecule has 0 fully saturated rings. The van der Waals surface area contributed by atoms with E-state index in [1.54, 1.807) is 22.7 Å². The fraction of sp³-hybridized carbons (Fsp3) is 0. The maximum Gasteiger partial charge on any atom is 0.156 e. The summed E-state index contributed by atoms with van der Waals surface area (Å²) in [7, 11) is 0. The van der Waals surface area contributed by atoms with Gasteiger partial charge in [0.2, 0.25) is 0 Å². The van der Waals surface area contributed by atoms with Gasteiger partial charge in [-0.2, -0.15) is 0 Å². The fourth-order valence-electron chi connectivity index (χ4n) is 11.4. The van der Waals surface area contributed by atoms with Gasteiger partial charge in [0.05, 0.1) is 42.9 Å². The van der Waals surface area contributed by atoms with Crippen molar-refractivity contribution < 1.29 is 5.11 Å². The molecule has 6 aromatic heterocycles. The van der Waals surface area contributed by atoms with Crippen LogP contribution in [0.4, 0.5) is 0 Å². The number of aromatic hydroxyl groups is 1. The summed E-state index contributed by atoms with van der Waals surface area (Å²) in [4.78, 5) is 11.0. The Kier molecular flexibility index (Phi) is 7.46. The number of nitrogens with zero attached hydrogens (tertiary/aromatic N) is 4. The van der Waals surface area contributed by atoms with Gasteiger partial charge in [0.25, 0.3) is 0 Å². The van der Waals surface area contributed by atoms with Gasteiger partial charge in [-0.05, 0) is 104 Å². The van der Waals surface area contributed by atoms with Crippen LogP contribution in [0, 0.1) is 0 Å². The summed E-state index contributed by atoms with van der Waals surface area (Å²) in [5.74, 6) is 0.228. The molecule has 0 saturated heterocycles. The van der Waals surface area contributed by atoms with Crippen LogP contribution in [-0.4, -0.2) is 23.9 Å². The molecule has 0 aliphatic rings. The second-order valence-corrected chi connectivity index (χ2v) is 20.3. The molecule has 1 N–H and O–H groups in total. The molecule has 0 unspecified atom stereocenters. The van der Waals surface area contributed by atoms with Crippen LogP contribution in [0.15, 0.2) is 200 Å². The number of thiophene rings is 2. The van der Waals surface area contributed by atoms with Crippen molar-refractivity contribution in [2.24, 2.45) is 0 Å². The van der Waals surface area contributed by atoms with Crippen LogP contribution in [0.3, 0.4) is 0 Å². The number of fused-ring (bicyclic) bond motifs is 22. The SMILES string of the molecule is Oc1ccc(-c2cc3c4ccccc4sc3c3nc4c5ccc6ccccc6c5ccc4n23)cc1-c1ccc(-c2cc3c4ccccc4sc3c3nc4c5ccc6ccccc6c5ccc4n23)cc1. The summed E-state index contributed by atoms with van der Waals surface area (Å²) in [5, 5.41) is 26.1. The molecule has 10 aromatic carbocycles. The maximum absolute atomic E-state index is 11.7. The molecule has 0 radical (unpaired) electrons. The zero-order valence-corrected chi connectivity index (χ0v) is 38.2. The number of hydrogen-bond acceptors (Lipinski definition) is 5. The summed E-state index contributed by atoms with van der Waals surface area (Å²) in [6, 6.07) is 71.7. The van der Waals surface area contributed by atoms with Gasteiger partial charge in [0.15, 0.2) is 11.3 Å². The lowest BCUT2D eigenvalue weighted by molar-refractivity contribution is 0.477. The van der Waals surface area contributed by atoms with Gasteiger partial charge in [-0.1, -0.05) is 146 Å². The first kappa shape index (κ1) is 37.5. The quantitative estimate of drug-likeness (QED) is 0.180. The largest absolute Gasteiger partial charge is 0.507 e. The molecule has 0 aliphatic carbocycles. The van der Waals surface area contributed by atoms with Crippen molar-refractivity contribution in [2.75, 3.05) is 0 Å². The molecular weight excluding hydrogens is 881 g/mol. The Hall–Kier alpha value is -8.62. The van der Waals surface area contributed by atoms with E-state index in [0.29, 0.717) is 0 Å². The highest BCUT2D eigenvalue weighted by Gasteiger charge is 2.22. The van der Waals surface area contributed by atoms with Gasteiger partial charge in [0.1, 0.15) is 5.75 Å². The molecular formula is C62H34N4OS2. The molecule has 320 valence electrons. The molecule has 7 heteroatoms. The number of pyridine rings is 2. The average Bonchev–Trinajstić information content (AvgIpc) is 4.19. The standard InChI is InChI=1S/C62H34N4OS2/c67-54-30-23-38(53-33-49-44-14-6-8-16-56(44)69-60(49)62-64-58-46-25-22-35-10-2-4-12-40(35)42(46)27-29-51(58)66(53)62)31-47(54)36-17-19-37(20-18-36)52-32-48-43-13-5-7-15-55(43)68-59(48)61-63-57-45-24-21-34-9-1-3-11-39(34)41(45)26-28-50(57)65(52)61/h1-33,67H. The van der Waals surface area contributed by atoms with Crippen LogP contribution in [0.2, 0.25) is 0 Å². The molecule has 0 spiro atoms. The molecule has 16 rings (SSSR count). The van der Waals surface area contributed by atoms with Gasteiger partial charge in [-0.3, -0.25) is 8.80 Å². The average molecular weight is 915 g/mol. The van der Waals surface area contributed by atoms with Gasteiger partial charge in [-0.25, -0.2) is 9.97 Å². The van der Waals surface area contributed by atoms with Gasteiger partial charge in [-0.15, -0.1) is 22.7 Å². The van der Waals surface area contributed by atoms with E-state index in [1.807, 2.05) is 12.1 Å². The Morgan fingerprint density at radius 3 is 1.35 bits per heavy atom. The van der Waals surface area contributed by atoms with E-state index in [-0.39, 0.29) is 5.75 Å². The third-order valence-electron chi connectivity index (χ3n) is 14.6. The summed E-state index contributed by atoms with van der Waals surface area (Å²) in [5.41, 5.74) is 11.8. The highest BCUT2D eigenvalue weighted by atomic mass is 32.1. The van der Waals surface area contributed by atoms with E-state index < -0.39 is 0 Å². The fourth-order valence-corrected chi connectivity index (χ4v) is 13.7. The molecule has 0 aliphatic heterocycles. The molecule has 6 heterocycles. The predicted molar refractivity (Wildman–Crippen MR) is 293 cm³/mol. The van der Waals surface area contributed by atoms with Crippen molar-refractivity contribution in [2.45, 2.75) is 0 Å². The van der Waals surface area contributed by atoms with Crippen LogP contribution >= 0.6 is 22.7 Å². The Morgan fingerprint density at radius 2 is 0.797 bits per heavy atom. The van der Waals surface area contributed by atoms with Crippen molar-refractivity contribution >= 4 is 139 Å². The highest BCUT2D eigenvalue weighted by Crippen LogP contribution is 2.45. The molecule has 0 amide bonds. The lowest BCUT2D eigenvalue weighted by atomic mass is 9.97. The van der Waals surface area contributed by atoms with Gasteiger partial charge in [0, 0.05) is 47.3 Å². The number of rotatable bonds is 3. The summed E-state index contributed by atoms with van der Waals surface area (Å²) in [6.45, 7) is 0. The Balaban J connectivity index is 0.891. The molecule has 69 heavy (non-hydrogen) atoms. The molecule has 0 atom stereocenters. The Labute approximate surface area is 400 Å². The lowest BCUT2D eigenvalue weighted by Gasteiger charge is -2.13. The first-order chi connectivity index (χ1) is 34.1. The van der Waals surface area contributed by atoms with Gasteiger partial charge < -0.3 is 5.11 Å². The third-order valence-corrected chi connectivity index (χ3v) is 17.0. The molecule has 16 aromatic rings. The zero-order valence-electron chi connectivity index (χ0n) is 36.6. The minimum absolute atomic E-state index is 0.228. The summed E-state index contributed by atoms with van der Waals surface area (Å²) in [6.07, 6.45) is 0. The van der Waals surface area contributed by atoms with Crippen molar-refractivity contribution in [1.82, 2.24) is 18.8 Å². The molecule has 5 nitrogen and oxygen atoms in total. The monoisotopic (exact) mass is 914 g/mol. The lowest BCUT2D eigenvalue weighted by Crippen LogP contribution is -1.94. The van der Waals surface area contributed by atoms with Crippen molar-refractivity contribution in [3.05, 3.63) is 200 Å². The molecule has 0 saturated carbocycles. The summed E-state index contributed by atoms with van der Waals surface area (Å²) < 4.78 is 9.50. The van der Waals surface area contributed by atoms with Crippen LogP contribution in [0.25, 0.3) is 150 Å². The second kappa shape index (κ2) is 13.7. The summed E-state index contributed by atoms with van der Waals surface area (Å²) >= 11 is 3.60. The number of hydrogen-bond donors (Lipinski definition) is 1. The minimum Gasteiger partial charge on any atom is -0.507 e. The predicted octanol–water partition coefficient (Wildman–Crippen LogP) is 17.3. The Bertz CT molecular complexity index is 4920. The smallest absolute Gasteiger partial charge is 0.156 e. The number of phenols is 1. The van der Waals surface area contributed by atoms with Crippen LogP contribution in [0.5, 0.6) is 5.75 Å². The third kappa shape index (κ3) is 5.17. The van der Waals surface area contributed by atoms with Crippen molar-refractivity contribution in [3.8, 4) is 39.4 Å². The minimum atomic E-state index is 0.228. The van der Waals surface area contributed by atoms with Crippen molar-refractivity contribution in [3.63, 3.8) is 0 Å². The van der Waals surface area contributed by atoms with E-state index in [9.17, 15) is 5.11 Å². The van der Waals surface area contributed by atoms with Crippen molar-refractivity contribution in [1.29, 1.82) is 0 Å². The van der Waals surface area contributed by atoms with Crippen LogP contribution in [-0.2, 0) is 0 Å². The number of aromatic nitrogens is 4. The topological polar surface area (TPSA) is 54.8 Å². The second-order valence-electron chi connectivity index (χ2n) is 18.2. The van der Waals surface area contributed by atoms with Crippen LogP contribution < -0.4 is 0 Å². The van der Waals surface area contributed by atoms with E-state index in [0.717, 1.165) is 82.5 Å².